The number of nitrogens with one attached hydrogen (secondary N) is 1. The molecule has 0 radical (unpaired) electrons. The lowest BCUT2D eigenvalue weighted by molar-refractivity contribution is -0.807. The van der Waals surface area contributed by atoms with Crippen LogP contribution in [0.3, 0.4) is 0 Å². The average molecular weight is 226 g/mol. The van der Waals surface area contributed by atoms with Crippen LogP contribution in [-0.2, 0) is 0 Å². The molecule has 1 heterocycles. The van der Waals surface area contributed by atoms with Crippen LogP contribution in [0.2, 0.25) is 0 Å². The van der Waals surface area contributed by atoms with Crippen molar-refractivity contribution in [3.63, 3.8) is 0 Å². The third-order valence-corrected chi connectivity index (χ3v) is 2.06. The van der Waals surface area contributed by atoms with Gasteiger partial charge in [-0.2, -0.15) is 0 Å². The predicted molar refractivity (Wildman–Crippen MR) is 38.2 cm³/mol. The molecule has 1 unspecified atom stereocenters. The van der Waals surface area contributed by atoms with Gasteiger partial charge in [-0.1, -0.05) is 4.39 Å². The number of likely N-dealkylation sites (N-methyl/N-ethyl adjacent to an activating group) is 2. The van der Waals surface area contributed by atoms with Crippen LogP contribution >= 0.6 is 0 Å². The fourth-order valence-corrected chi connectivity index (χ4v) is 1.31. The maximum atomic E-state index is 13.1. The Kier molecular flexibility index (Phi) is 4.84. The normalized spacial score (nSPS) is 23.7. The Morgan fingerprint density at radius 2 is 2.18 bits per heavy atom. The zero-order chi connectivity index (χ0) is 7.56. The van der Waals surface area contributed by atoms with E-state index in [2.05, 4.69) is 0 Å². The highest BCUT2D eigenvalue weighted by atomic mass is 79.9. The number of hydrogen-bond acceptors (Lipinski definition) is 0. The fourth-order valence-electron chi connectivity index (χ4n) is 1.31. The molecule has 0 spiro atoms. The maximum absolute atomic E-state index is 13.1. The Morgan fingerprint density at radius 1 is 1.55 bits per heavy atom. The molecule has 1 atom stereocenters. The monoisotopic (exact) mass is 225 g/mol. The van der Waals surface area contributed by atoms with E-state index in [4.69, 9.17) is 0 Å². The zero-order valence-electron chi connectivity index (χ0n) is 7.03. The summed E-state index contributed by atoms with van der Waals surface area (Å²) in [6.07, 6.45) is 0.0324. The molecular formula is C7H15BrFN2+. The molecule has 1 aliphatic rings. The first-order valence-corrected chi connectivity index (χ1v) is 3.92. The summed E-state index contributed by atoms with van der Waals surface area (Å²) < 4.78 is 14.8. The summed E-state index contributed by atoms with van der Waals surface area (Å²) in [5.74, 6) is 0. The van der Waals surface area contributed by atoms with Crippen molar-refractivity contribution in [2.24, 2.45) is 0 Å². The van der Waals surface area contributed by atoms with Crippen LogP contribution in [0.5, 0.6) is 0 Å². The summed E-state index contributed by atoms with van der Waals surface area (Å²) in [6, 6.07) is 0. The fraction of sp³-hybridized carbons (Fsp3) is 0.857. The zero-order valence-corrected chi connectivity index (χ0v) is 8.62. The number of rotatable bonds is 2. The van der Waals surface area contributed by atoms with Crippen LogP contribution in [0.15, 0.2) is 0 Å². The second-order valence-corrected chi connectivity index (χ2v) is 2.58. The maximum Gasteiger partial charge on any atom is 0.535 e. The molecule has 0 bridgehead atoms. The van der Waals surface area contributed by atoms with E-state index in [9.17, 15) is 4.39 Å². The van der Waals surface area contributed by atoms with Crippen LogP contribution in [-0.4, -0.2) is 36.8 Å². The molecule has 0 aromatic rings. The highest BCUT2D eigenvalue weighted by Crippen LogP contribution is 1.82. The van der Waals surface area contributed by atoms with E-state index in [0.717, 1.165) is 31.1 Å². The summed E-state index contributed by atoms with van der Waals surface area (Å²) in [5.41, 5.74) is 0. The molecule has 4 heteroatoms. The van der Waals surface area contributed by atoms with E-state index in [1.807, 2.05) is 13.8 Å². The van der Waals surface area contributed by atoms with Gasteiger partial charge in [0.05, 0.1) is 6.54 Å². The molecule has 11 heavy (non-hydrogen) atoms. The van der Waals surface area contributed by atoms with Crippen molar-refractivity contribution in [3.05, 3.63) is 0 Å². The third-order valence-electron chi connectivity index (χ3n) is 2.06. The van der Waals surface area contributed by atoms with Gasteiger partial charge >= 0.3 is 6.09 Å². The van der Waals surface area contributed by atoms with Crippen LogP contribution in [0.25, 0.3) is 0 Å². The lowest BCUT2D eigenvalue weighted by Crippen LogP contribution is -3.12. The van der Waals surface area contributed by atoms with Gasteiger partial charge in [0.2, 0.25) is 0 Å². The molecule has 2 nitrogen and oxygen atoms in total. The average Bonchev–Trinajstić information content (AvgIpc) is 2.30. The Labute approximate surface area is 77.5 Å². The van der Waals surface area contributed by atoms with Crippen molar-refractivity contribution >= 4 is 6.09 Å². The summed E-state index contributed by atoms with van der Waals surface area (Å²) >= 11 is 0. The topological polar surface area (TPSA) is 7.45 Å². The van der Waals surface area contributed by atoms with Gasteiger partial charge in [-0.15, -0.1) is 4.58 Å². The summed E-state index contributed by atoms with van der Waals surface area (Å²) in [5, 5.41) is 0. The summed E-state index contributed by atoms with van der Waals surface area (Å²) in [4.78, 5) is 0.988. The van der Waals surface area contributed by atoms with Gasteiger partial charge in [0, 0.05) is 0 Å². The molecular weight excluding hydrogens is 211 g/mol. The standard InChI is InChI=1S/C7H14FN2.BrH/c1-3-9-5-6-10(4-2)7(9)8;/h3-6H2,1-2H3;1H/q+1;. The number of hydrogen-bond donors (Lipinski definition) is 1. The number of halogens is 2. The Morgan fingerprint density at radius 3 is 2.45 bits per heavy atom. The first kappa shape index (κ1) is 11.0. The SMILES string of the molecule is CC[N+]1=C(F)[NH+](CC)CC1.[Br-]. The third kappa shape index (κ3) is 2.24. The predicted octanol–water partition coefficient (Wildman–Crippen LogP) is -3.73. The van der Waals surface area contributed by atoms with E-state index in [0.29, 0.717) is 0 Å². The Balaban J connectivity index is 0.000001000. The molecule has 1 aliphatic heterocycles. The largest absolute Gasteiger partial charge is 1.00 e. The minimum Gasteiger partial charge on any atom is -1.00 e. The molecule has 0 aliphatic carbocycles. The quantitative estimate of drug-likeness (QED) is 0.366. The lowest BCUT2D eigenvalue weighted by atomic mass is 10.5. The lowest BCUT2D eigenvalue weighted by Gasteiger charge is -1.98. The van der Waals surface area contributed by atoms with Gasteiger partial charge in [-0.3, -0.25) is 0 Å². The second-order valence-electron chi connectivity index (χ2n) is 2.58. The van der Waals surface area contributed by atoms with E-state index >= 15 is 0 Å². The van der Waals surface area contributed by atoms with Gasteiger partial charge in [-0.25, -0.2) is 4.90 Å². The summed E-state index contributed by atoms with van der Waals surface area (Å²) in [6.45, 7) is 7.46. The molecule has 0 amide bonds. The van der Waals surface area contributed by atoms with Crippen LogP contribution < -0.4 is 21.9 Å². The molecule has 1 N–H and O–H groups in total. The van der Waals surface area contributed by atoms with Gasteiger partial charge in [-0.05, 0) is 13.8 Å². The first-order valence-electron chi connectivity index (χ1n) is 3.92. The van der Waals surface area contributed by atoms with E-state index in [1.165, 1.54) is 0 Å². The minimum absolute atomic E-state index is 0. The van der Waals surface area contributed by atoms with Gasteiger partial charge < -0.3 is 17.0 Å². The van der Waals surface area contributed by atoms with E-state index < -0.39 is 0 Å². The van der Waals surface area contributed by atoms with Crippen molar-refractivity contribution in [2.75, 3.05) is 26.2 Å². The molecule has 66 valence electrons. The first-order chi connectivity index (χ1) is 4.79. The highest BCUT2D eigenvalue weighted by Gasteiger charge is 2.33. The molecule has 0 saturated carbocycles. The van der Waals surface area contributed by atoms with Gasteiger partial charge in [0.1, 0.15) is 13.1 Å². The van der Waals surface area contributed by atoms with Gasteiger partial charge in [0.15, 0.2) is 6.54 Å². The van der Waals surface area contributed by atoms with E-state index in [-0.39, 0.29) is 23.1 Å². The Bertz CT molecular complexity index is 159. The van der Waals surface area contributed by atoms with E-state index in [1.54, 1.807) is 4.58 Å². The molecule has 0 aromatic heterocycles. The van der Waals surface area contributed by atoms with Crippen LogP contribution in [0, 0.1) is 0 Å². The van der Waals surface area contributed by atoms with Crippen LogP contribution in [0.4, 0.5) is 4.39 Å². The molecule has 0 aromatic carbocycles. The van der Waals surface area contributed by atoms with Crippen LogP contribution in [0.1, 0.15) is 13.8 Å². The number of amidine groups is 1. The molecule has 0 saturated heterocycles. The Hall–Kier alpha value is 0.0400. The number of nitrogens with zero attached hydrogens (tertiary/aromatic N) is 1. The van der Waals surface area contributed by atoms with Gasteiger partial charge in [0.25, 0.3) is 0 Å². The number of quaternary nitrogens is 1. The van der Waals surface area contributed by atoms with Crippen molar-refractivity contribution < 1.29 is 30.8 Å². The smallest absolute Gasteiger partial charge is 0.535 e. The molecule has 1 rings (SSSR count). The second kappa shape index (κ2) is 4.83. The highest BCUT2D eigenvalue weighted by molar-refractivity contribution is 5.56. The van der Waals surface area contributed by atoms with Crippen molar-refractivity contribution in [1.82, 2.24) is 0 Å². The summed E-state index contributed by atoms with van der Waals surface area (Å²) in [7, 11) is 0. The van der Waals surface area contributed by atoms with Crippen molar-refractivity contribution in [2.45, 2.75) is 13.8 Å². The van der Waals surface area contributed by atoms with Crippen molar-refractivity contribution in [3.8, 4) is 0 Å². The molecule has 0 fully saturated rings. The van der Waals surface area contributed by atoms with Crippen molar-refractivity contribution in [1.29, 1.82) is 0 Å². The minimum atomic E-state index is 0.